The van der Waals surface area contributed by atoms with Crippen LogP contribution in [0.2, 0.25) is 0 Å². The molecule has 8 heteroatoms. The van der Waals surface area contributed by atoms with Gasteiger partial charge in [0.15, 0.2) is 5.13 Å². The highest BCUT2D eigenvalue weighted by molar-refractivity contribution is 7.22. The van der Waals surface area contributed by atoms with Gasteiger partial charge in [-0.15, -0.1) is 0 Å². The molecule has 1 amide bonds. The molecular weight excluding hydrogens is 500 g/mol. The summed E-state index contributed by atoms with van der Waals surface area (Å²) in [4.78, 5) is 33.1. The van der Waals surface area contributed by atoms with Gasteiger partial charge in [0.25, 0.3) is 5.78 Å². The van der Waals surface area contributed by atoms with Gasteiger partial charge in [0, 0.05) is 5.56 Å². The molecule has 1 aromatic heterocycles. The molecule has 3 aromatic carbocycles. The van der Waals surface area contributed by atoms with Crippen LogP contribution in [0.4, 0.5) is 5.13 Å². The van der Waals surface area contributed by atoms with E-state index in [0.717, 1.165) is 22.2 Å². The number of anilines is 1. The summed E-state index contributed by atoms with van der Waals surface area (Å²) in [6, 6.07) is 19.1. The first-order valence-electron chi connectivity index (χ1n) is 12.6. The first kappa shape index (κ1) is 25.5. The van der Waals surface area contributed by atoms with Gasteiger partial charge in [-0.2, -0.15) is 0 Å². The minimum atomic E-state index is -0.858. The second-order valence-corrected chi connectivity index (χ2v) is 9.79. The lowest BCUT2D eigenvalue weighted by Gasteiger charge is -2.23. The lowest BCUT2D eigenvalue weighted by atomic mass is 9.95. The Morgan fingerprint density at radius 3 is 2.16 bits per heavy atom. The van der Waals surface area contributed by atoms with E-state index in [9.17, 15) is 14.7 Å². The molecule has 1 atom stereocenters. The number of nitrogens with zero attached hydrogens (tertiary/aromatic N) is 2. The summed E-state index contributed by atoms with van der Waals surface area (Å²) in [5.41, 5.74) is 3.00. The zero-order valence-corrected chi connectivity index (χ0v) is 22.2. The number of rotatable bonds is 8. The number of aliphatic hydroxyl groups excluding tert-OH is 1. The van der Waals surface area contributed by atoms with E-state index in [4.69, 9.17) is 14.5 Å². The van der Waals surface area contributed by atoms with Gasteiger partial charge >= 0.3 is 5.91 Å². The number of fused-ring (bicyclic) bond motifs is 1. The van der Waals surface area contributed by atoms with Crippen molar-refractivity contribution >= 4 is 44.1 Å². The third-order valence-electron chi connectivity index (χ3n) is 6.45. The monoisotopic (exact) mass is 528 g/mol. The van der Waals surface area contributed by atoms with Gasteiger partial charge in [-0.25, -0.2) is 4.98 Å². The number of hydrogen-bond donors (Lipinski definition) is 1. The number of amides is 1. The van der Waals surface area contributed by atoms with Crippen molar-refractivity contribution in [3.8, 4) is 11.5 Å². The van der Waals surface area contributed by atoms with E-state index < -0.39 is 17.7 Å². The highest BCUT2D eigenvalue weighted by Gasteiger charge is 2.48. The van der Waals surface area contributed by atoms with Crippen LogP contribution in [0.1, 0.15) is 43.5 Å². The second kappa shape index (κ2) is 10.7. The summed E-state index contributed by atoms with van der Waals surface area (Å²) in [6.45, 7) is 6.89. The van der Waals surface area contributed by atoms with Gasteiger partial charge in [-0.1, -0.05) is 36.5 Å². The molecular formula is C30H28N2O5S. The van der Waals surface area contributed by atoms with Gasteiger partial charge in [-0.05, 0) is 79.9 Å². The largest absolute Gasteiger partial charge is 0.507 e. The molecule has 38 heavy (non-hydrogen) atoms. The molecule has 5 rings (SSSR count). The number of ketones is 1. The summed E-state index contributed by atoms with van der Waals surface area (Å²) >= 11 is 1.35. The smallest absolute Gasteiger partial charge is 0.301 e. The number of carbonyl (C=O) groups excluding carboxylic acids is 2. The Morgan fingerprint density at radius 2 is 1.55 bits per heavy atom. The molecule has 1 N–H and O–H groups in total. The van der Waals surface area contributed by atoms with Crippen LogP contribution >= 0.6 is 11.3 Å². The fourth-order valence-electron chi connectivity index (χ4n) is 4.57. The Labute approximate surface area is 225 Å². The van der Waals surface area contributed by atoms with E-state index >= 15 is 0 Å². The Bertz CT molecular complexity index is 1520. The number of aliphatic hydroxyl groups is 1. The maximum atomic E-state index is 13.5. The Morgan fingerprint density at radius 1 is 0.921 bits per heavy atom. The first-order chi connectivity index (χ1) is 18.4. The van der Waals surface area contributed by atoms with E-state index in [1.807, 2.05) is 38.1 Å². The third kappa shape index (κ3) is 4.63. The Hall–Kier alpha value is -4.17. The number of Topliss-reactive ketones (excluding diaryl/α,β-unsaturated/α-hetero) is 1. The molecule has 2 heterocycles. The van der Waals surface area contributed by atoms with Crippen molar-refractivity contribution < 1.29 is 24.2 Å². The predicted molar refractivity (Wildman–Crippen MR) is 149 cm³/mol. The van der Waals surface area contributed by atoms with E-state index in [-0.39, 0.29) is 11.3 Å². The lowest BCUT2D eigenvalue weighted by Crippen LogP contribution is -2.29. The quantitative estimate of drug-likeness (QED) is 0.164. The molecule has 194 valence electrons. The maximum absolute atomic E-state index is 13.5. The highest BCUT2D eigenvalue weighted by Crippen LogP contribution is 2.44. The molecule has 7 nitrogen and oxygen atoms in total. The van der Waals surface area contributed by atoms with Crippen molar-refractivity contribution in [3.05, 3.63) is 89.0 Å². The third-order valence-corrected chi connectivity index (χ3v) is 7.46. The molecule has 1 aliphatic heterocycles. The number of hydrogen-bond acceptors (Lipinski definition) is 7. The standard InChI is InChI=1S/C30H28N2O5S/c1-4-18-7-16-23-24(17-18)38-30(31-23)32-26(19-8-12-21(13-9-19)36-5-2)25(28(34)29(32)35)27(33)20-10-14-22(15-11-20)37-6-3/h7-17,26,33H,4-6H2,1-3H3/b27-25+/t26-/m1/s1. The number of carbonyl (C=O) groups is 2. The van der Waals surface area contributed by atoms with E-state index in [2.05, 4.69) is 13.0 Å². The van der Waals surface area contributed by atoms with Crippen molar-refractivity contribution in [3.63, 3.8) is 0 Å². The van der Waals surface area contributed by atoms with E-state index in [0.29, 0.717) is 41.0 Å². The zero-order valence-electron chi connectivity index (χ0n) is 21.4. The number of benzene rings is 3. The van der Waals surface area contributed by atoms with Crippen LogP contribution in [0.3, 0.4) is 0 Å². The van der Waals surface area contributed by atoms with Gasteiger partial charge in [0.2, 0.25) is 0 Å². The van der Waals surface area contributed by atoms with Crippen LogP contribution in [-0.2, 0) is 16.0 Å². The van der Waals surface area contributed by atoms with Crippen molar-refractivity contribution in [1.29, 1.82) is 0 Å². The van der Waals surface area contributed by atoms with Gasteiger partial charge in [0.05, 0.1) is 35.0 Å². The fraction of sp³-hybridized carbons (Fsp3) is 0.233. The molecule has 0 unspecified atom stereocenters. The van der Waals surface area contributed by atoms with Crippen LogP contribution in [0.15, 0.2) is 72.3 Å². The average Bonchev–Trinajstić information content (AvgIpc) is 3.47. The lowest BCUT2D eigenvalue weighted by molar-refractivity contribution is -0.132. The summed E-state index contributed by atoms with van der Waals surface area (Å²) in [5, 5.41) is 11.8. The first-order valence-corrected chi connectivity index (χ1v) is 13.4. The molecule has 0 aliphatic carbocycles. The summed E-state index contributed by atoms with van der Waals surface area (Å²) in [7, 11) is 0. The van der Waals surface area contributed by atoms with Gasteiger partial charge < -0.3 is 14.6 Å². The van der Waals surface area contributed by atoms with Crippen molar-refractivity contribution in [2.45, 2.75) is 33.2 Å². The molecule has 0 bridgehead atoms. The van der Waals surface area contributed by atoms with Crippen LogP contribution in [-0.4, -0.2) is 35.0 Å². The average molecular weight is 529 g/mol. The molecule has 0 saturated carbocycles. The molecule has 0 radical (unpaired) electrons. The fourth-order valence-corrected chi connectivity index (χ4v) is 5.63. The van der Waals surface area contributed by atoms with Gasteiger partial charge in [0.1, 0.15) is 17.3 Å². The molecule has 1 saturated heterocycles. The summed E-state index contributed by atoms with van der Waals surface area (Å²) in [5.74, 6) is -0.419. The Balaban J connectivity index is 1.66. The zero-order chi connectivity index (χ0) is 26.8. The molecule has 1 aliphatic rings. The number of aromatic nitrogens is 1. The van der Waals surface area contributed by atoms with E-state index in [1.165, 1.54) is 16.2 Å². The number of thiazole rings is 1. The second-order valence-electron chi connectivity index (χ2n) is 8.78. The minimum Gasteiger partial charge on any atom is -0.507 e. The van der Waals surface area contributed by atoms with Crippen LogP contribution in [0.5, 0.6) is 11.5 Å². The summed E-state index contributed by atoms with van der Waals surface area (Å²) in [6.07, 6.45) is 0.877. The SMILES string of the molecule is CCOc1ccc(/C(O)=C2\C(=O)C(=O)N(c3nc4ccc(CC)cc4s3)[C@@H]2c2ccc(OCC)cc2)cc1. The molecule has 4 aromatic rings. The van der Waals surface area contributed by atoms with Crippen LogP contribution in [0, 0.1) is 0 Å². The molecule has 0 spiro atoms. The topological polar surface area (TPSA) is 89.0 Å². The summed E-state index contributed by atoms with van der Waals surface area (Å²) < 4.78 is 12.0. The maximum Gasteiger partial charge on any atom is 0.301 e. The molecule has 1 fully saturated rings. The number of ether oxygens (including phenoxy) is 2. The van der Waals surface area contributed by atoms with Crippen LogP contribution < -0.4 is 14.4 Å². The van der Waals surface area contributed by atoms with Crippen molar-refractivity contribution in [2.75, 3.05) is 18.1 Å². The minimum absolute atomic E-state index is 0.0109. The van der Waals surface area contributed by atoms with Crippen LogP contribution in [0.25, 0.3) is 16.0 Å². The predicted octanol–water partition coefficient (Wildman–Crippen LogP) is 6.28. The van der Waals surface area contributed by atoms with E-state index in [1.54, 1.807) is 36.4 Å². The highest BCUT2D eigenvalue weighted by atomic mass is 32.1. The normalized spacial score (nSPS) is 16.8. The number of aryl methyl sites for hydroxylation is 1. The van der Waals surface area contributed by atoms with Crippen molar-refractivity contribution in [1.82, 2.24) is 4.98 Å². The van der Waals surface area contributed by atoms with Gasteiger partial charge in [-0.3, -0.25) is 14.5 Å². The Kier molecular flexibility index (Phi) is 7.15. The van der Waals surface area contributed by atoms with Crippen molar-refractivity contribution in [2.24, 2.45) is 0 Å².